The molecule has 1 nitrogen and oxygen atoms in total. The maximum atomic E-state index is 2.64. The Hall–Kier alpha value is 0.310. The van der Waals surface area contributed by atoms with E-state index in [-0.39, 0.29) is 0 Å². The lowest BCUT2D eigenvalue weighted by Gasteiger charge is -2.26. The standard InChI is InChI=1S/C12H25NS/c1-3-12(4-2)6-5-7-13-8-10-14-11-9-13/h12H,3-11H2,1-2H3. The average Bonchev–Trinajstić information content (AvgIpc) is 2.26. The van der Waals surface area contributed by atoms with Gasteiger partial charge in [-0.1, -0.05) is 26.7 Å². The second-order valence-corrected chi connectivity index (χ2v) is 5.50. The highest BCUT2D eigenvalue weighted by Gasteiger charge is 2.10. The highest BCUT2D eigenvalue weighted by molar-refractivity contribution is 7.99. The Balaban J connectivity index is 2.01. The topological polar surface area (TPSA) is 3.24 Å². The number of rotatable bonds is 6. The minimum absolute atomic E-state index is 0.981. The Morgan fingerprint density at radius 1 is 1.14 bits per heavy atom. The lowest BCUT2D eigenvalue weighted by Crippen LogP contribution is -2.33. The molecule has 0 aliphatic carbocycles. The first kappa shape index (κ1) is 12.4. The van der Waals surface area contributed by atoms with Crippen molar-refractivity contribution in [2.75, 3.05) is 31.1 Å². The van der Waals surface area contributed by atoms with Crippen LogP contribution in [-0.4, -0.2) is 36.0 Å². The molecule has 2 heteroatoms. The molecule has 0 N–H and O–H groups in total. The van der Waals surface area contributed by atoms with Crippen molar-refractivity contribution in [2.45, 2.75) is 39.5 Å². The van der Waals surface area contributed by atoms with E-state index in [1.807, 2.05) is 0 Å². The van der Waals surface area contributed by atoms with Gasteiger partial charge in [-0.05, 0) is 25.3 Å². The summed E-state index contributed by atoms with van der Waals surface area (Å²) in [4.78, 5) is 2.64. The minimum Gasteiger partial charge on any atom is -0.302 e. The van der Waals surface area contributed by atoms with E-state index in [9.17, 15) is 0 Å². The fraction of sp³-hybridized carbons (Fsp3) is 1.00. The Kier molecular flexibility index (Phi) is 6.70. The molecule has 1 saturated heterocycles. The van der Waals surface area contributed by atoms with E-state index in [1.54, 1.807) is 0 Å². The zero-order chi connectivity index (χ0) is 10.2. The van der Waals surface area contributed by atoms with Crippen molar-refractivity contribution >= 4 is 11.8 Å². The van der Waals surface area contributed by atoms with Gasteiger partial charge in [0.15, 0.2) is 0 Å². The Bertz CT molecular complexity index is 128. The average molecular weight is 215 g/mol. The van der Waals surface area contributed by atoms with E-state index < -0.39 is 0 Å². The van der Waals surface area contributed by atoms with E-state index in [1.165, 1.54) is 56.8 Å². The Morgan fingerprint density at radius 3 is 2.36 bits per heavy atom. The third-order valence-electron chi connectivity index (χ3n) is 3.35. The number of hydrogen-bond acceptors (Lipinski definition) is 2. The summed E-state index contributed by atoms with van der Waals surface area (Å²) in [5.41, 5.74) is 0. The third-order valence-corrected chi connectivity index (χ3v) is 4.29. The van der Waals surface area contributed by atoms with Crippen LogP contribution in [0.25, 0.3) is 0 Å². The van der Waals surface area contributed by atoms with Gasteiger partial charge in [-0.25, -0.2) is 0 Å². The summed E-state index contributed by atoms with van der Waals surface area (Å²) in [5.74, 6) is 3.69. The molecule has 84 valence electrons. The summed E-state index contributed by atoms with van der Waals surface area (Å²) in [6, 6.07) is 0. The predicted octanol–water partition coefficient (Wildman–Crippen LogP) is 3.25. The molecule has 0 saturated carbocycles. The first-order valence-electron chi connectivity index (χ1n) is 6.16. The summed E-state index contributed by atoms with van der Waals surface area (Å²) in [7, 11) is 0. The zero-order valence-corrected chi connectivity index (χ0v) is 10.6. The predicted molar refractivity (Wildman–Crippen MR) is 67.1 cm³/mol. The van der Waals surface area contributed by atoms with Gasteiger partial charge in [-0.2, -0.15) is 11.8 Å². The monoisotopic (exact) mass is 215 g/mol. The molecule has 1 heterocycles. The highest BCUT2D eigenvalue weighted by Crippen LogP contribution is 2.16. The molecule has 1 aliphatic heterocycles. The molecule has 14 heavy (non-hydrogen) atoms. The highest BCUT2D eigenvalue weighted by atomic mass is 32.2. The molecule has 0 bridgehead atoms. The summed E-state index contributed by atoms with van der Waals surface area (Å²) in [6.45, 7) is 8.65. The van der Waals surface area contributed by atoms with Crippen molar-refractivity contribution in [3.8, 4) is 0 Å². The van der Waals surface area contributed by atoms with Crippen LogP contribution in [0, 0.1) is 5.92 Å². The SMILES string of the molecule is CCC(CC)CCCN1CCSCC1. The fourth-order valence-corrected chi connectivity index (χ4v) is 3.10. The van der Waals surface area contributed by atoms with Crippen molar-refractivity contribution in [1.29, 1.82) is 0 Å². The van der Waals surface area contributed by atoms with E-state index >= 15 is 0 Å². The molecule has 0 aromatic heterocycles. The molecule has 0 spiro atoms. The first-order chi connectivity index (χ1) is 6.86. The summed E-state index contributed by atoms with van der Waals surface area (Å²) in [6.07, 6.45) is 5.59. The Labute approximate surface area is 93.6 Å². The molecular weight excluding hydrogens is 190 g/mol. The van der Waals surface area contributed by atoms with Crippen molar-refractivity contribution in [2.24, 2.45) is 5.92 Å². The normalized spacial score (nSPS) is 19.1. The van der Waals surface area contributed by atoms with E-state index in [2.05, 4.69) is 30.5 Å². The summed E-state index contributed by atoms with van der Waals surface area (Å²) in [5, 5.41) is 0. The van der Waals surface area contributed by atoms with Crippen LogP contribution in [0.1, 0.15) is 39.5 Å². The lowest BCUT2D eigenvalue weighted by atomic mass is 9.97. The molecule has 0 radical (unpaired) electrons. The van der Waals surface area contributed by atoms with Crippen LogP contribution in [0.4, 0.5) is 0 Å². The molecule has 0 aromatic rings. The van der Waals surface area contributed by atoms with Crippen LogP contribution in [0.15, 0.2) is 0 Å². The second-order valence-electron chi connectivity index (χ2n) is 4.28. The number of hydrogen-bond donors (Lipinski definition) is 0. The van der Waals surface area contributed by atoms with E-state index in [4.69, 9.17) is 0 Å². The van der Waals surface area contributed by atoms with Gasteiger partial charge in [0.1, 0.15) is 0 Å². The van der Waals surface area contributed by atoms with Gasteiger partial charge >= 0.3 is 0 Å². The van der Waals surface area contributed by atoms with Crippen molar-refractivity contribution in [3.63, 3.8) is 0 Å². The first-order valence-corrected chi connectivity index (χ1v) is 7.32. The summed E-state index contributed by atoms with van der Waals surface area (Å²) < 4.78 is 0. The van der Waals surface area contributed by atoms with Crippen molar-refractivity contribution in [1.82, 2.24) is 4.90 Å². The lowest BCUT2D eigenvalue weighted by molar-refractivity contribution is 0.282. The molecule has 0 amide bonds. The summed E-state index contributed by atoms with van der Waals surface area (Å²) >= 11 is 2.11. The van der Waals surface area contributed by atoms with E-state index in [0.717, 1.165) is 5.92 Å². The van der Waals surface area contributed by atoms with Gasteiger partial charge in [-0.3, -0.25) is 0 Å². The molecule has 1 fully saturated rings. The van der Waals surface area contributed by atoms with Crippen LogP contribution in [0.2, 0.25) is 0 Å². The van der Waals surface area contributed by atoms with Crippen molar-refractivity contribution in [3.05, 3.63) is 0 Å². The van der Waals surface area contributed by atoms with Crippen LogP contribution < -0.4 is 0 Å². The number of thioether (sulfide) groups is 1. The molecule has 0 unspecified atom stereocenters. The van der Waals surface area contributed by atoms with E-state index in [0.29, 0.717) is 0 Å². The van der Waals surface area contributed by atoms with Gasteiger partial charge in [0.25, 0.3) is 0 Å². The van der Waals surface area contributed by atoms with Crippen LogP contribution in [-0.2, 0) is 0 Å². The zero-order valence-electron chi connectivity index (χ0n) is 9.80. The quantitative estimate of drug-likeness (QED) is 0.669. The van der Waals surface area contributed by atoms with Crippen LogP contribution >= 0.6 is 11.8 Å². The van der Waals surface area contributed by atoms with Gasteiger partial charge < -0.3 is 4.90 Å². The van der Waals surface area contributed by atoms with Gasteiger partial charge in [0.2, 0.25) is 0 Å². The Morgan fingerprint density at radius 2 is 1.79 bits per heavy atom. The van der Waals surface area contributed by atoms with Gasteiger partial charge in [0.05, 0.1) is 0 Å². The molecular formula is C12H25NS. The molecule has 0 aromatic carbocycles. The molecule has 1 rings (SSSR count). The number of nitrogens with zero attached hydrogens (tertiary/aromatic N) is 1. The third kappa shape index (κ3) is 4.70. The van der Waals surface area contributed by atoms with Gasteiger partial charge in [-0.15, -0.1) is 0 Å². The molecule has 0 atom stereocenters. The second kappa shape index (κ2) is 7.58. The minimum atomic E-state index is 0.981. The van der Waals surface area contributed by atoms with Crippen molar-refractivity contribution < 1.29 is 0 Å². The maximum absolute atomic E-state index is 2.64. The maximum Gasteiger partial charge on any atom is 0.00727 e. The largest absolute Gasteiger partial charge is 0.302 e. The van der Waals surface area contributed by atoms with Crippen LogP contribution in [0.3, 0.4) is 0 Å². The molecule has 1 aliphatic rings. The van der Waals surface area contributed by atoms with Gasteiger partial charge in [0, 0.05) is 24.6 Å². The fourth-order valence-electron chi connectivity index (χ4n) is 2.13. The smallest absolute Gasteiger partial charge is 0.00727 e. The van der Waals surface area contributed by atoms with Crippen LogP contribution in [0.5, 0.6) is 0 Å².